The van der Waals surface area contributed by atoms with E-state index in [1.807, 2.05) is 30.3 Å². The van der Waals surface area contributed by atoms with Crippen LogP contribution in [0.15, 0.2) is 30.3 Å². The highest BCUT2D eigenvalue weighted by Gasteiger charge is 2.41. The minimum absolute atomic E-state index is 0.131. The third kappa shape index (κ3) is 7.19. The molecule has 1 atom stereocenters. The lowest BCUT2D eigenvalue weighted by Crippen LogP contribution is -2.42. The number of hydrogen-bond acceptors (Lipinski definition) is 3. The number of ether oxygens (including phenoxy) is 2. The molecule has 0 aliphatic heterocycles. The SMILES string of the molecule is CCCCCCOC(=O)C(CCCCCC)(COC)c1ccccc1. The number of esters is 1. The Labute approximate surface area is 154 Å². The van der Waals surface area contributed by atoms with Crippen LogP contribution >= 0.6 is 0 Å². The fraction of sp³-hybridized carbons (Fsp3) is 0.682. The van der Waals surface area contributed by atoms with Crippen molar-refractivity contribution in [2.75, 3.05) is 20.3 Å². The molecule has 0 aliphatic carbocycles. The van der Waals surface area contributed by atoms with Crippen molar-refractivity contribution in [3.05, 3.63) is 35.9 Å². The summed E-state index contributed by atoms with van der Waals surface area (Å²) in [4.78, 5) is 13.0. The Morgan fingerprint density at radius 1 is 0.920 bits per heavy atom. The highest BCUT2D eigenvalue weighted by atomic mass is 16.5. The van der Waals surface area contributed by atoms with Gasteiger partial charge in [-0.25, -0.2) is 0 Å². The molecule has 0 amide bonds. The van der Waals surface area contributed by atoms with Crippen LogP contribution in [0.3, 0.4) is 0 Å². The van der Waals surface area contributed by atoms with Gasteiger partial charge in [-0.3, -0.25) is 4.79 Å². The van der Waals surface area contributed by atoms with Gasteiger partial charge in [0, 0.05) is 7.11 Å². The molecule has 0 N–H and O–H groups in total. The molecule has 0 bridgehead atoms. The van der Waals surface area contributed by atoms with Gasteiger partial charge in [0.2, 0.25) is 0 Å². The summed E-state index contributed by atoms with van der Waals surface area (Å²) in [6.45, 7) is 5.26. The first kappa shape index (κ1) is 21.7. The summed E-state index contributed by atoms with van der Waals surface area (Å²) >= 11 is 0. The number of rotatable bonds is 14. The molecule has 1 aromatic carbocycles. The average Bonchev–Trinajstić information content (AvgIpc) is 2.64. The third-order valence-corrected chi connectivity index (χ3v) is 4.80. The van der Waals surface area contributed by atoms with Crippen molar-refractivity contribution < 1.29 is 14.3 Å². The van der Waals surface area contributed by atoms with Crippen LogP contribution in [0, 0.1) is 0 Å². The number of methoxy groups -OCH3 is 1. The first-order valence-electron chi connectivity index (χ1n) is 9.93. The Morgan fingerprint density at radius 3 is 2.16 bits per heavy atom. The van der Waals surface area contributed by atoms with Crippen molar-refractivity contribution in [2.45, 2.75) is 77.0 Å². The highest BCUT2D eigenvalue weighted by molar-refractivity contribution is 5.83. The molecule has 25 heavy (non-hydrogen) atoms. The maximum Gasteiger partial charge on any atom is 0.318 e. The predicted molar refractivity (Wildman–Crippen MR) is 104 cm³/mol. The number of unbranched alkanes of at least 4 members (excludes halogenated alkanes) is 6. The lowest BCUT2D eigenvalue weighted by molar-refractivity contribution is -0.153. The van der Waals surface area contributed by atoms with Crippen LogP contribution in [0.2, 0.25) is 0 Å². The molecule has 142 valence electrons. The van der Waals surface area contributed by atoms with Crippen molar-refractivity contribution in [1.29, 1.82) is 0 Å². The quantitative estimate of drug-likeness (QED) is 0.321. The Hall–Kier alpha value is -1.35. The van der Waals surface area contributed by atoms with Crippen LogP contribution in [0.5, 0.6) is 0 Å². The van der Waals surface area contributed by atoms with E-state index in [1.165, 1.54) is 25.7 Å². The molecule has 3 heteroatoms. The van der Waals surface area contributed by atoms with Crippen LogP contribution in [-0.2, 0) is 19.7 Å². The van der Waals surface area contributed by atoms with Crippen LogP contribution in [-0.4, -0.2) is 26.3 Å². The molecule has 1 aromatic rings. The monoisotopic (exact) mass is 348 g/mol. The van der Waals surface area contributed by atoms with E-state index in [4.69, 9.17) is 9.47 Å². The number of carbonyl (C=O) groups excluding carboxylic acids is 1. The summed E-state index contributed by atoms with van der Waals surface area (Å²) < 4.78 is 11.2. The summed E-state index contributed by atoms with van der Waals surface area (Å²) in [5, 5.41) is 0. The standard InChI is InChI=1S/C22H36O3/c1-4-6-8-13-17-22(19-24-3,20-15-11-10-12-16-20)21(23)25-18-14-9-7-5-2/h10-12,15-16H,4-9,13-14,17-19H2,1-3H3. The van der Waals surface area contributed by atoms with Gasteiger partial charge < -0.3 is 9.47 Å². The molecule has 0 saturated carbocycles. The van der Waals surface area contributed by atoms with E-state index >= 15 is 0 Å². The molecule has 0 heterocycles. The van der Waals surface area contributed by atoms with Gasteiger partial charge in [-0.05, 0) is 18.4 Å². The van der Waals surface area contributed by atoms with E-state index in [2.05, 4.69) is 13.8 Å². The fourth-order valence-electron chi connectivity index (χ4n) is 3.27. The van der Waals surface area contributed by atoms with Gasteiger partial charge >= 0.3 is 5.97 Å². The molecule has 0 fully saturated rings. The van der Waals surface area contributed by atoms with Gasteiger partial charge in [-0.15, -0.1) is 0 Å². The Bertz CT molecular complexity index is 458. The Balaban J connectivity index is 2.84. The molecule has 0 radical (unpaired) electrons. The molecule has 1 rings (SSSR count). The molecule has 0 aliphatic rings. The van der Waals surface area contributed by atoms with Gasteiger partial charge in [0.15, 0.2) is 0 Å². The number of hydrogen-bond donors (Lipinski definition) is 0. The second kappa shape index (κ2) is 12.9. The first-order valence-corrected chi connectivity index (χ1v) is 9.93. The van der Waals surface area contributed by atoms with E-state index in [1.54, 1.807) is 7.11 Å². The van der Waals surface area contributed by atoms with Crippen LogP contribution in [0.25, 0.3) is 0 Å². The molecule has 0 spiro atoms. The van der Waals surface area contributed by atoms with Gasteiger partial charge in [0.25, 0.3) is 0 Å². The maximum absolute atomic E-state index is 13.0. The Kier molecular flexibility index (Phi) is 11.2. The molecular formula is C22H36O3. The van der Waals surface area contributed by atoms with Crippen molar-refractivity contribution >= 4 is 5.97 Å². The maximum atomic E-state index is 13.0. The summed E-state index contributed by atoms with van der Waals surface area (Å²) in [6.07, 6.45) is 9.73. The fourth-order valence-corrected chi connectivity index (χ4v) is 3.27. The second-order valence-electron chi connectivity index (χ2n) is 6.89. The topological polar surface area (TPSA) is 35.5 Å². The van der Waals surface area contributed by atoms with E-state index < -0.39 is 5.41 Å². The van der Waals surface area contributed by atoms with Crippen molar-refractivity contribution in [3.63, 3.8) is 0 Å². The van der Waals surface area contributed by atoms with Gasteiger partial charge in [0.1, 0.15) is 5.41 Å². The van der Waals surface area contributed by atoms with Crippen molar-refractivity contribution in [2.24, 2.45) is 0 Å². The summed E-state index contributed by atoms with van der Waals surface area (Å²) in [5.74, 6) is -0.131. The zero-order valence-electron chi connectivity index (χ0n) is 16.4. The summed E-state index contributed by atoms with van der Waals surface area (Å²) in [7, 11) is 1.66. The van der Waals surface area contributed by atoms with Crippen molar-refractivity contribution in [1.82, 2.24) is 0 Å². The van der Waals surface area contributed by atoms with Gasteiger partial charge in [-0.2, -0.15) is 0 Å². The van der Waals surface area contributed by atoms with Crippen molar-refractivity contribution in [3.8, 4) is 0 Å². The summed E-state index contributed by atoms with van der Waals surface area (Å²) in [6, 6.07) is 10.0. The molecular weight excluding hydrogens is 312 g/mol. The van der Waals surface area contributed by atoms with E-state index in [9.17, 15) is 4.79 Å². The lowest BCUT2D eigenvalue weighted by atomic mass is 9.76. The van der Waals surface area contributed by atoms with Crippen LogP contribution in [0.4, 0.5) is 0 Å². The minimum Gasteiger partial charge on any atom is -0.465 e. The Morgan fingerprint density at radius 2 is 1.56 bits per heavy atom. The van der Waals surface area contributed by atoms with E-state index in [0.717, 1.165) is 37.7 Å². The molecule has 0 aromatic heterocycles. The highest BCUT2D eigenvalue weighted by Crippen LogP contribution is 2.33. The third-order valence-electron chi connectivity index (χ3n) is 4.80. The van der Waals surface area contributed by atoms with Gasteiger partial charge in [-0.1, -0.05) is 89.1 Å². The van der Waals surface area contributed by atoms with Crippen LogP contribution in [0.1, 0.15) is 77.2 Å². The van der Waals surface area contributed by atoms with Crippen LogP contribution < -0.4 is 0 Å². The normalized spacial score (nSPS) is 13.4. The minimum atomic E-state index is -0.686. The van der Waals surface area contributed by atoms with E-state index in [0.29, 0.717) is 13.2 Å². The molecule has 3 nitrogen and oxygen atoms in total. The number of carbonyl (C=O) groups is 1. The average molecular weight is 349 g/mol. The predicted octanol–water partition coefficient (Wildman–Crippen LogP) is 5.66. The molecule has 1 unspecified atom stereocenters. The zero-order chi connectivity index (χ0) is 18.4. The second-order valence-corrected chi connectivity index (χ2v) is 6.89. The molecule has 0 saturated heterocycles. The van der Waals surface area contributed by atoms with Gasteiger partial charge in [0.05, 0.1) is 13.2 Å². The smallest absolute Gasteiger partial charge is 0.318 e. The summed E-state index contributed by atoms with van der Waals surface area (Å²) in [5.41, 5.74) is 0.320. The van der Waals surface area contributed by atoms with E-state index in [-0.39, 0.29) is 5.97 Å². The number of benzene rings is 1. The lowest BCUT2D eigenvalue weighted by Gasteiger charge is -2.31. The zero-order valence-corrected chi connectivity index (χ0v) is 16.4. The largest absolute Gasteiger partial charge is 0.465 e. The first-order chi connectivity index (χ1) is 12.2.